The van der Waals surface area contributed by atoms with Gasteiger partial charge < -0.3 is 15.2 Å². The third kappa shape index (κ3) is 2.73. The van der Waals surface area contributed by atoms with Crippen LogP contribution in [0.4, 0.5) is 0 Å². The van der Waals surface area contributed by atoms with Gasteiger partial charge in [-0.05, 0) is 48.2 Å². The Morgan fingerprint density at radius 1 is 1.60 bits per heavy atom. The van der Waals surface area contributed by atoms with E-state index < -0.39 is 0 Å². The third-order valence-electron chi connectivity index (χ3n) is 3.40. The lowest BCUT2D eigenvalue weighted by Crippen LogP contribution is -2.24. The van der Waals surface area contributed by atoms with E-state index in [2.05, 4.69) is 26.2 Å². The van der Waals surface area contributed by atoms with E-state index in [1.807, 2.05) is 12.3 Å². The van der Waals surface area contributed by atoms with Crippen LogP contribution in [0.3, 0.4) is 0 Å². The van der Waals surface area contributed by atoms with Crippen LogP contribution in [0.5, 0.6) is 0 Å². The van der Waals surface area contributed by atoms with Gasteiger partial charge in [0.2, 0.25) is 5.89 Å². The second-order valence-electron chi connectivity index (χ2n) is 4.87. The van der Waals surface area contributed by atoms with E-state index in [9.17, 15) is 4.79 Å². The Balaban J connectivity index is 1.61. The van der Waals surface area contributed by atoms with Gasteiger partial charge in [-0.3, -0.25) is 4.79 Å². The average molecular weight is 292 g/mol. The highest BCUT2D eigenvalue weighted by Crippen LogP contribution is 2.21. The molecule has 2 aromatic heterocycles. The van der Waals surface area contributed by atoms with E-state index in [1.165, 1.54) is 5.56 Å². The van der Waals surface area contributed by atoms with Gasteiger partial charge in [-0.2, -0.15) is 16.3 Å². The molecule has 0 spiro atoms. The molecule has 1 amide bonds. The summed E-state index contributed by atoms with van der Waals surface area (Å²) < 4.78 is 5.15. The number of hydrogen-bond donors (Lipinski definition) is 2. The molecule has 0 radical (unpaired) electrons. The topological polar surface area (TPSA) is 80.0 Å². The van der Waals surface area contributed by atoms with Crippen LogP contribution in [0.15, 0.2) is 15.3 Å². The fourth-order valence-electron chi connectivity index (χ4n) is 2.19. The lowest BCUT2D eigenvalue weighted by molar-refractivity contribution is 0.0937. The SMILES string of the molecule is Cc1cscc1CNC(=O)c1noc(C2CCCN2)n1. The average Bonchev–Trinajstić information content (AvgIpc) is 3.17. The molecule has 1 saturated heterocycles. The molecule has 106 valence electrons. The van der Waals surface area contributed by atoms with Crippen molar-refractivity contribution in [3.63, 3.8) is 0 Å². The molecule has 1 aliphatic heterocycles. The summed E-state index contributed by atoms with van der Waals surface area (Å²) >= 11 is 1.63. The fourth-order valence-corrected chi connectivity index (χ4v) is 3.04. The predicted molar refractivity (Wildman–Crippen MR) is 74.5 cm³/mol. The Morgan fingerprint density at radius 3 is 3.20 bits per heavy atom. The minimum atomic E-state index is -0.302. The van der Waals surface area contributed by atoms with Crippen molar-refractivity contribution >= 4 is 17.2 Å². The molecular weight excluding hydrogens is 276 g/mol. The molecular formula is C13H16N4O2S. The van der Waals surface area contributed by atoms with Crippen LogP contribution in [0, 0.1) is 6.92 Å². The van der Waals surface area contributed by atoms with Crippen LogP contribution in [0.25, 0.3) is 0 Å². The Labute approximate surface area is 120 Å². The summed E-state index contributed by atoms with van der Waals surface area (Å²) in [6, 6.07) is 0.0863. The Morgan fingerprint density at radius 2 is 2.50 bits per heavy atom. The number of amides is 1. The van der Waals surface area contributed by atoms with Gasteiger partial charge in [-0.15, -0.1) is 0 Å². The van der Waals surface area contributed by atoms with Gasteiger partial charge >= 0.3 is 0 Å². The molecule has 7 heteroatoms. The van der Waals surface area contributed by atoms with Crippen molar-refractivity contribution in [1.29, 1.82) is 0 Å². The number of hydrogen-bond acceptors (Lipinski definition) is 6. The molecule has 6 nitrogen and oxygen atoms in total. The predicted octanol–water partition coefficient (Wildman–Crippen LogP) is 1.79. The molecule has 1 fully saturated rings. The van der Waals surface area contributed by atoms with Crippen LogP contribution in [-0.4, -0.2) is 22.6 Å². The van der Waals surface area contributed by atoms with Crippen molar-refractivity contribution in [2.75, 3.05) is 6.54 Å². The van der Waals surface area contributed by atoms with Crippen molar-refractivity contribution < 1.29 is 9.32 Å². The van der Waals surface area contributed by atoms with E-state index in [4.69, 9.17) is 4.52 Å². The van der Waals surface area contributed by atoms with Crippen LogP contribution in [-0.2, 0) is 6.54 Å². The van der Waals surface area contributed by atoms with E-state index >= 15 is 0 Å². The lowest BCUT2D eigenvalue weighted by atomic mass is 10.2. The number of carbonyl (C=O) groups is 1. The van der Waals surface area contributed by atoms with Gasteiger partial charge in [0.1, 0.15) is 0 Å². The normalized spacial score (nSPS) is 18.4. The summed E-state index contributed by atoms with van der Waals surface area (Å²) in [5, 5.41) is 13.9. The number of aryl methyl sites for hydroxylation is 1. The number of thiophene rings is 1. The monoisotopic (exact) mass is 292 g/mol. The summed E-state index contributed by atoms with van der Waals surface area (Å²) in [7, 11) is 0. The first-order valence-electron chi connectivity index (χ1n) is 6.61. The van der Waals surface area contributed by atoms with Crippen molar-refractivity contribution in [2.45, 2.75) is 32.4 Å². The highest BCUT2D eigenvalue weighted by Gasteiger charge is 2.24. The maximum absolute atomic E-state index is 12.0. The summed E-state index contributed by atoms with van der Waals surface area (Å²) in [6.45, 7) is 3.46. The van der Waals surface area contributed by atoms with Gasteiger partial charge in [-0.25, -0.2) is 0 Å². The molecule has 2 aromatic rings. The first kappa shape index (κ1) is 13.3. The van der Waals surface area contributed by atoms with Gasteiger partial charge in [0, 0.05) is 6.54 Å². The summed E-state index contributed by atoms with van der Waals surface area (Å²) in [5.41, 5.74) is 2.30. The Kier molecular flexibility index (Phi) is 3.79. The van der Waals surface area contributed by atoms with Crippen LogP contribution in [0.2, 0.25) is 0 Å². The maximum Gasteiger partial charge on any atom is 0.292 e. The van der Waals surface area contributed by atoms with Crippen molar-refractivity contribution in [1.82, 2.24) is 20.8 Å². The minimum absolute atomic E-state index is 0.0863. The van der Waals surface area contributed by atoms with Crippen molar-refractivity contribution in [2.24, 2.45) is 0 Å². The van der Waals surface area contributed by atoms with Crippen LogP contribution >= 0.6 is 11.3 Å². The van der Waals surface area contributed by atoms with Crippen molar-refractivity contribution in [3.8, 4) is 0 Å². The number of nitrogens with zero attached hydrogens (tertiary/aromatic N) is 2. The van der Waals surface area contributed by atoms with Crippen LogP contribution in [0.1, 0.15) is 46.5 Å². The maximum atomic E-state index is 12.0. The molecule has 0 aromatic carbocycles. The van der Waals surface area contributed by atoms with Gasteiger partial charge in [0.05, 0.1) is 6.04 Å². The van der Waals surface area contributed by atoms with Crippen LogP contribution < -0.4 is 10.6 Å². The number of rotatable bonds is 4. The first-order chi connectivity index (χ1) is 9.74. The van der Waals surface area contributed by atoms with Gasteiger partial charge in [0.25, 0.3) is 11.7 Å². The molecule has 1 atom stereocenters. The molecule has 2 N–H and O–H groups in total. The smallest absolute Gasteiger partial charge is 0.292 e. The number of carbonyl (C=O) groups excluding carboxylic acids is 1. The molecule has 3 heterocycles. The second-order valence-corrected chi connectivity index (χ2v) is 5.61. The molecule has 0 aliphatic carbocycles. The number of nitrogens with one attached hydrogen (secondary N) is 2. The zero-order valence-corrected chi connectivity index (χ0v) is 12.0. The minimum Gasteiger partial charge on any atom is -0.345 e. The Bertz CT molecular complexity index is 601. The van der Waals surface area contributed by atoms with E-state index in [-0.39, 0.29) is 17.8 Å². The third-order valence-corrected chi connectivity index (χ3v) is 4.31. The molecule has 1 aliphatic rings. The largest absolute Gasteiger partial charge is 0.345 e. The quantitative estimate of drug-likeness (QED) is 0.898. The van der Waals surface area contributed by atoms with Crippen molar-refractivity contribution in [3.05, 3.63) is 33.6 Å². The Hall–Kier alpha value is -1.73. The highest BCUT2D eigenvalue weighted by atomic mass is 32.1. The van der Waals surface area contributed by atoms with Gasteiger partial charge in [0.15, 0.2) is 0 Å². The first-order valence-corrected chi connectivity index (χ1v) is 7.55. The van der Waals surface area contributed by atoms with E-state index in [1.54, 1.807) is 11.3 Å². The zero-order valence-electron chi connectivity index (χ0n) is 11.2. The molecule has 20 heavy (non-hydrogen) atoms. The van der Waals surface area contributed by atoms with E-state index in [0.717, 1.165) is 24.9 Å². The summed E-state index contributed by atoms with van der Waals surface area (Å²) in [6.07, 6.45) is 2.06. The lowest BCUT2D eigenvalue weighted by Gasteiger charge is -2.02. The van der Waals surface area contributed by atoms with E-state index in [0.29, 0.717) is 12.4 Å². The standard InChI is InChI=1S/C13H16N4O2S/c1-8-6-20-7-9(8)5-15-12(18)11-16-13(19-17-11)10-3-2-4-14-10/h6-7,10,14H,2-5H2,1H3,(H,15,18). The summed E-state index contributed by atoms with van der Waals surface area (Å²) in [4.78, 5) is 16.1. The molecule has 0 bridgehead atoms. The zero-order chi connectivity index (χ0) is 13.9. The summed E-state index contributed by atoms with van der Waals surface area (Å²) in [5.74, 6) is 0.296. The highest BCUT2D eigenvalue weighted by molar-refractivity contribution is 7.08. The fraction of sp³-hybridized carbons (Fsp3) is 0.462. The molecule has 1 unspecified atom stereocenters. The second kappa shape index (κ2) is 5.72. The number of aromatic nitrogens is 2. The van der Waals surface area contributed by atoms with Gasteiger partial charge in [-0.1, -0.05) is 5.16 Å². The molecule has 0 saturated carbocycles. The molecule has 3 rings (SSSR count).